The summed E-state index contributed by atoms with van der Waals surface area (Å²) in [6.45, 7) is 1.87. The van der Waals surface area contributed by atoms with Gasteiger partial charge in [-0.3, -0.25) is 9.63 Å². The molecule has 0 atom stereocenters. The van der Waals surface area contributed by atoms with Crippen molar-refractivity contribution in [2.45, 2.75) is 25.7 Å². The van der Waals surface area contributed by atoms with Crippen molar-refractivity contribution in [1.82, 2.24) is 5.06 Å². The second-order valence-electron chi connectivity index (χ2n) is 3.93. The second kappa shape index (κ2) is 3.27. The minimum atomic E-state index is -0.273. The Balaban J connectivity index is 2.01. The summed E-state index contributed by atoms with van der Waals surface area (Å²) in [4.78, 5) is 17.1. The van der Waals surface area contributed by atoms with Gasteiger partial charge in [-0.1, -0.05) is 6.42 Å². The van der Waals surface area contributed by atoms with E-state index in [-0.39, 0.29) is 11.3 Å². The van der Waals surface area contributed by atoms with Crippen molar-refractivity contribution in [2.24, 2.45) is 11.1 Å². The number of carbonyl (C=O) groups excluding carboxylic acids is 1. The van der Waals surface area contributed by atoms with Gasteiger partial charge in [0.25, 0.3) is 5.91 Å². The Hall–Kier alpha value is -0.610. The summed E-state index contributed by atoms with van der Waals surface area (Å²) in [5.74, 6) is 0.110. The number of rotatable bonds is 2. The second-order valence-corrected chi connectivity index (χ2v) is 3.93. The Kier molecular flexibility index (Phi) is 2.26. The van der Waals surface area contributed by atoms with E-state index in [0.29, 0.717) is 13.2 Å². The molecule has 0 aromatic carbocycles. The van der Waals surface area contributed by atoms with E-state index in [9.17, 15) is 4.79 Å². The fraction of sp³-hybridized carbons (Fsp3) is 0.889. The van der Waals surface area contributed by atoms with E-state index in [1.54, 1.807) is 0 Å². The van der Waals surface area contributed by atoms with Gasteiger partial charge in [-0.05, 0) is 19.3 Å². The lowest BCUT2D eigenvalue weighted by molar-refractivity contribution is -0.184. The number of nitrogens with two attached hydrogens (primary N) is 1. The fourth-order valence-electron chi connectivity index (χ4n) is 1.98. The van der Waals surface area contributed by atoms with E-state index in [1.807, 2.05) is 0 Å². The minimum Gasteiger partial charge on any atom is -0.329 e. The monoisotopic (exact) mass is 184 g/mol. The van der Waals surface area contributed by atoms with Crippen LogP contribution in [0.2, 0.25) is 0 Å². The molecule has 4 nitrogen and oxygen atoms in total. The van der Waals surface area contributed by atoms with E-state index in [4.69, 9.17) is 10.6 Å². The van der Waals surface area contributed by atoms with Crippen molar-refractivity contribution in [2.75, 3.05) is 19.7 Å². The zero-order valence-corrected chi connectivity index (χ0v) is 7.79. The smallest absolute Gasteiger partial charge is 0.253 e. The Bertz CT molecular complexity index is 202. The van der Waals surface area contributed by atoms with Crippen LogP contribution in [0.15, 0.2) is 0 Å². The molecule has 1 aliphatic heterocycles. The van der Waals surface area contributed by atoms with Crippen molar-refractivity contribution < 1.29 is 9.63 Å². The largest absolute Gasteiger partial charge is 0.329 e. The van der Waals surface area contributed by atoms with Crippen LogP contribution in [-0.4, -0.2) is 30.7 Å². The first-order valence-electron chi connectivity index (χ1n) is 4.93. The topological polar surface area (TPSA) is 55.6 Å². The van der Waals surface area contributed by atoms with Crippen LogP contribution < -0.4 is 5.73 Å². The van der Waals surface area contributed by atoms with Crippen LogP contribution >= 0.6 is 0 Å². The zero-order chi connectivity index (χ0) is 9.31. The van der Waals surface area contributed by atoms with Crippen LogP contribution in [0.25, 0.3) is 0 Å². The summed E-state index contributed by atoms with van der Waals surface area (Å²) in [6.07, 6.45) is 3.94. The van der Waals surface area contributed by atoms with Crippen molar-refractivity contribution in [1.29, 1.82) is 0 Å². The molecule has 4 heteroatoms. The van der Waals surface area contributed by atoms with Crippen LogP contribution in [0.5, 0.6) is 0 Å². The molecule has 1 heterocycles. The predicted molar refractivity (Wildman–Crippen MR) is 47.6 cm³/mol. The van der Waals surface area contributed by atoms with E-state index in [1.165, 1.54) is 5.06 Å². The number of carbonyl (C=O) groups is 1. The molecule has 0 radical (unpaired) electrons. The molecule has 1 aliphatic carbocycles. The Morgan fingerprint density at radius 2 is 2.23 bits per heavy atom. The molecule has 0 bridgehead atoms. The fourth-order valence-corrected chi connectivity index (χ4v) is 1.98. The average Bonchev–Trinajstić information content (AvgIpc) is 2.54. The number of nitrogens with zero attached hydrogens (tertiary/aromatic N) is 1. The third-order valence-electron chi connectivity index (χ3n) is 3.13. The van der Waals surface area contributed by atoms with E-state index < -0.39 is 0 Å². The van der Waals surface area contributed by atoms with Crippen molar-refractivity contribution in [3.05, 3.63) is 0 Å². The third kappa shape index (κ3) is 1.34. The van der Waals surface area contributed by atoms with Crippen LogP contribution in [0, 0.1) is 5.41 Å². The van der Waals surface area contributed by atoms with Gasteiger partial charge in [0.1, 0.15) is 0 Å². The molecule has 2 aliphatic rings. The van der Waals surface area contributed by atoms with Gasteiger partial charge < -0.3 is 5.73 Å². The zero-order valence-electron chi connectivity index (χ0n) is 7.79. The first-order chi connectivity index (χ1) is 6.28. The van der Waals surface area contributed by atoms with Crippen LogP contribution in [0.3, 0.4) is 0 Å². The molecule has 13 heavy (non-hydrogen) atoms. The molecule has 0 unspecified atom stereocenters. The molecule has 1 saturated heterocycles. The SMILES string of the molecule is NCC1(C(=O)N2CCCO2)CCC1. The lowest BCUT2D eigenvalue weighted by Gasteiger charge is -2.40. The summed E-state index contributed by atoms with van der Waals surface area (Å²) in [7, 11) is 0. The van der Waals surface area contributed by atoms with Gasteiger partial charge in [0.15, 0.2) is 0 Å². The van der Waals surface area contributed by atoms with Crippen LogP contribution in [0.4, 0.5) is 0 Å². The third-order valence-corrected chi connectivity index (χ3v) is 3.13. The highest BCUT2D eigenvalue weighted by atomic mass is 16.7. The molecule has 0 aromatic rings. The van der Waals surface area contributed by atoms with Crippen molar-refractivity contribution >= 4 is 5.91 Å². The highest BCUT2D eigenvalue weighted by Crippen LogP contribution is 2.41. The molecule has 74 valence electrons. The van der Waals surface area contributed by atoms with Crippen LogP contribution in [0.1, 0.15) is 25.7 Å². The predicted octanol–water partition coefficient (Wildman–Crippen LogP) is 0.279. The highest BCUT2D eigenvalue weighted by Gasteiger charge is 2.46. The van der Waals surface area contributed by atoms with Gasteiger partial charge in [-0.15, -0.1) is 0 Å². The Labute approximate surface area is 78.0 Å². The molecule has 1 saturated carbocycles. The lowest BCUT2D eigenvalue weighted by atomic mass is 9.68. The molecule has 1 amide bonds. The van der Waals surface area contributed by atoms with Gasteiger partial charge in [-0.25, -0.2) is 5.06 Å². The summed E-state index contributed by atoms with van der Waals surface area (Å²) < 4.78 is 0. The summed E-state index contributed by atoms with van der Waals surface area (Å²) in [6, 6.07) is 0. The molecule has 2 fully saturated rings. The van der Waals surface area contributed by atoms with E-state index in [2.05, 4.69) is 0 Å². The molecule has 2 N–H and O–H groups in total. The maximum absolute atomic E-state index is 11.9. The molecular weight excluding hydrogens is 168 g/mol. The highest BCUT2D eigenvalue weighted by molar-refractivity contribution is 5.83. The molecular formula is C9H16N2O2. The maximum atomic E-state index is 11.9. The summed E-state index contributed by atoms with van der Waals surface area (Å²) >= 11 is 0. The van der Waals surface area contributed by atoms with Gasteiger partial charge >= 0.3 is 0 Å². The normalized spacial score (nSPS) is 25.8. The first-order valence-corrected chi connectivity index (χ1v) is 4.93. The number of hydroxylamine groups is 2. The molecule has 2 rings (SSSR count). The van der Waals surface area contributed by atoms with E-state index in [0.717, 1.165) is 32.2 Å². The molecule has 0 spiro atoms. The van der Waals surface area contributed by atoms with Gasteiger partial charge in [0.2, 0.25) is 0 Å². The average molecular weight is 184 g/mol. The Morgan fingerprint density at radius 1 is 1.46 bits per heavy atom. The van der Waals surface area contributed by atoms with Gasteiger partial charge in [0.05, 0.1) is 18.6 Å². The summed E-state index contributed by atoms with van der Waals surface area (Å²) in [5.41, 5.74) is 5.36. The number of hydrogen-bond acceptors (Lipinski definition) is 3. The van der Waals surface area contributed by atoms with E-state index >= 15 is 0 Å². The van der Waals surface area contributed by atoms with Crippen molar-refractivity contribution in [3.63, 3.8) is 0 Å². The lowest BCUT2D eigenvalue weighted by Crippen LogP contribution is -2.50. The first kappa shape index (κ1) is 8.97. The molecule has 0 aromatic heterocycles. The van der Waals surface area contributed by atoms with Gasteiger partial charge in [-0.2, -0.15) is 0 Å². The number of hydrogen-bond donors (Lipinski definition) is 1. The minimum absolute atomic E-state index is 0.110. The van der Waals surface area contributed by atoms with Crippen LogP contribution in [-0.2, 0) is 9.63 Å². The Morgan fingerprint density at radius 3 is 2.62 bits per heavy atom. The summed E-state index contributed by atoms with van der Waals surface area (Å²) in [5, 5.41) is 1.51. The van der Waals surface area contributed by atoms with Gasteiger partial charge in [0, 0.05) is 6.54 Å². The quantitative estimate of drug-likeness (QED) is 0.670. The van der Waals surface area contributed by atoms with Crippen molar-refractivity contribution in [3.8, 4) is 0 Å². The number of amides is 1. The standard InChI is InChI=1S/C9H16N2O2/c10-7-9(3-1-4-9)8(12)11-5-2-6-13-11/h1-7,10H2. The maximum Gasteiger partial charge on any atom is 0.253 e.